The van der Waals surface area contributed by atoms with Crippen LogP contribution in [0.25, 0.3) is 0 Å². The molecule has 0 spiro atoms. The van der Waals surface area contributed by atoms with Crippen LogP contribution < -0.4 is 52.4 Å². The summed E-state index contributed by atoms with van der Waals surface area (Å²) in [6, 6.07) is 2.71. The molecule has 22 atom stereocenters. The molecule has 714 valence electrons. The number of nitrogens with one attached hydrogen (secondary N) is 5. The lowest BCUT2D eigenvalue weighted by Gasteiger charge is -2.47. The molecule has 5 amide bonds. The molecule has 5 saturated heterocycles. The first-order valence-electron chi connectivity index (χ1n) is 43.4. The van der Waals surface area contributed by atoms with Gasteiger partial charge in [-0.2, -0.15) is 5.48 Å². The fourth-order valence-corrected chi connectivity index (χ4v) is 20.8. The maximum absolute atomic E-state index is 14.7. The zero-order chi connectivity index (χ0) is 94.1. The molecule has 5 heterocycles. The van der Waals surface area contributed by atoms with Crippen molar-refractivity contribution in [2.75, 3.05) is 85.9 Å². The van der Waals surface area contributed by atoms with Crippen molar-refractivity contribution in [3.8, 4) is 40.9 Å². The van der Waals surface area contributed by atoms with E-state index in [1.165, 1.54) is 59.5 Å². The van der Waals surface area contributed by atoms with Gasteiger partial charge in [0, 0.05) is 98.2 Å². The Morgan fingerprint density at radius 1 is 0.814 bits per heavy atom. The largest absolute Gasteiger partial charge is 0.492 e. The SMILES string of the molecule is CCN(C(=O)OCc1ccc(NC(=O)[C@H](CCCNC(N)=O)CC(=O)[C@@H](NC(=O)[C@H](CCCCN)CC(C)=O)C(C)C)cc1)[C@H]1CO[C@@H](O[C@H]2[C@H](O[C@H]3C#C/C=C\C#C[C@]4(O)CC(=O)C(CC(=O)OC)=C3/C4=C\CSSC3CCNCC3)O[C@H](C)[C@@H](NO[C@H]3C[C@H](O)[C@H](SC(=O)c4c(C)c(I)c(O[C@@H]5O[C@@H](C)[C@H](O)[C@@H](OC)[C@H]5O)c(OC)c4OC)[C@@H](C)O3)[C@@H]2O)C[C@@H]1OC. The quantitative estimate of drug-likeness (QED) is 0.00932. The van der Waals surface area contributed by atoms with Gasteiger partial charge in [0.15, 0.2) is 47.5 Å². The van der Waals surface area contributed by atoms with Crippen molar-refractivity contribution >= 4 is 114 Å². The highest BCUT2D eigenvalue weighted by Crippen LogP contribution is 2.50. The number of piperidine rings is 1. The summed E-state index contributed by atoms with van der Waals surface area (Å²) in [4.78, 5) is 130. The number of aliphatic hydroxyl groups excluding tert-OH is 4. The first kappa shape index (κ1) is 106. The van der Waals surface area contributed by atoms with E-state index in [4.69, 9.17) is 77.9 Å². The Kier molecular flexibility index (Phi) is 41.6. The number of methoxy groups -OCH3 is 5. The molecule has 2 bridgehead atoms. The van der Waals surface area contributed by atoms with Crippen molar-refractivity contribution in [3.63, 3.8) is 0 Å². The molecule has 2 aromatic carbocycles. The van der Waals surface area contributed by atoms with E-state index in [9.17, 15) is 68.7 Å². The number of benzene rings is 2. The Balaban J connectivity index is 0.923. The number of ether oxygens (including phenoxy) is 13. The second-order valence-corrected chi connectivity index (χ2v) is 37.9. The lowest BCUT2D eigenvalue weighted by atomic mass is 9.72. The van der Waals surface area contributed by atoms with Crippen LogP contribution in [0.2, 0.25) is 0 Å². The molecule has 0 radical (unpaired) electrons. The summed E-state index contributed by atoms with van der Waals surface area (Å²) in [6.45, 7) is 15.1. The molecule has 0 unspecified atom stereocenters. The number of ketones is 3. The Hall–Kier alpha value is -7.09. The molecular weight excluding hydrogens is 1850 g/mol. The monoisotopic (exact) mass is 1980 g/mol. The minimum Gasteiger partial charge on any atom is -0.492 e. The second kappa shape index (κ2) is 50.8. The Labute approximate surface area is 778 Å². The summed E-state index contributed by atoms with van der Waals surface area (Å²) in [5.41, 5.74) is 13.3. The smallest absolute Gasteiger partial charge is 0.410 e. The topological polar surface area (TPSA) is 499 Å². The van der Waals surface area contributed by atoms with Crippen LogP contribution in [-0.2, 0) is 87.6 Å². The van der Waals surface area contributed by atoms with Crippen molar-refractivity contribution in [2.45, 2.75) is 272 Å². The molecule has 2 aromatic rings. The van der Waals surface area contributed by atoms with Gasteiger partial charge in [0.1, 0.15) is 49.0 Å². The van der Waals surface area contributed by atoms with Gasteiger partial charge in [-0.3, -0.25) is 33.6 Å². The van der Waals surface area contributed by atoms with E-state index < -0.39 is 193 Å². The number of hydrogen-bond acceptors (Lipinski definition) is 34. The fraction of sp³-hybridized carbons (Fsp3) is 0.652. The van der Waals surface area contributed by atoms with Gasteiger partial charge >= 0.3 is 18.1 Å². The maximum Gasteiger partial charge on any atom is 0.410 e. The number of carbonyl (C=O) groups is 9. The number of esters is 1. The highest BCUT2D eigenvalue weighted by molar-refractivity contribution is 14.1. The van der Waals surface area contributed by atoms with Crippen LogP contribution in [0.15, 0.2) is 59.2 Å². The Bertz CT molecular complexity index is 4410. The molecule has 14 N–H and O–H groups in total. The van der Waals surface area contributed by atoms with Gasteiger partial charge in [0.25, 0.3) is 0 Å². The van der Waals surface area contributed by atoms with Crippen LogP contribution in [0.5, 0.6) is 17.2 Å². The van der Waals surface area contributed by atoms with Crippen molar-refractivity contribution < 1.29 is 135 Å². The number of amides is 5. The van der Waals surface area contributed by atoms with E-state index in [2.05, 4.69) is 50.4 Å². The first-order valence-corrected chi connectivity index (χ1v) is 47.7. The van der Waals surface area contributed by atoms with E-state index >= 15 is 0 Å². The molecule has 5 fully saturated rings. The second-order valence-electron chi connectivity index (χ2n) is 33.0. The van der Waals surface area contributed by atoms with Gasteiger partial charge in [-0.05, 0) is 164 Å². The summed E-state index contributed by atoms with van der Waals surface area (Å²) in [7, 11) is 9.88. The highest BCUT2D eigenvalue weighted by atomic mass is 127. The number of urea groups is 1. The number of nitrogens with zero attached hydrogens (tertiary/aromatic N) is 1. The fourth-order valence-electron chi connectivity index (χ4n) is 16.5. The molecule has 36 nitrogen and oxygen atoms in total. The predicted octanol–water partition coefficient (Wildman–Crippen LogP) is 5.80. The number of hydrogen-bond donors (Lipinski definition) is 12. The average Bonchev–Trinajstić information content (AvgIpc) is 0.748. The number of primary amides is 1. The van der Waals surface area contributed by atoms with Gasteiger partial charge in [0.05, 0.1) is 104 Å². The number of likely N-dealkylation sites (N-methyl/N-ethyl adjacent to an activating group) is 1. The van der Waals surface area contributed by atoms with Crippen molar-refractivity contribution in [2.24, 2.45) is 29.2 Å². The first-order chi connectivity index (χ1) is 61.6. The van der Waals surface area contributed by atoms with Gasteiger partial charge in [-0.25, -0.2) is 9.59 Å². The standard InChI is InChI=1S/C89H125IN8O28S3/c1-14-98(88(111)119-44-52-25-27-55(28-26-52)95-82(107)54(23-21-34-94-87(92)110)39-60(100)71(46(2)3)96-83(108)53(38-47(4)99)22-18-20-33-91)59-45-118-66(42-64(59)113-9)124-79-74(105)72(49(6)121-86(79)123-63-24-17-15-16-19-32-89(112)43-62(102)57(40-65(103)114-10)69(63)58(89)31-37-127-129-56-29-35-93-36-30-56)97-126-67-41-61(101)81(51(8)120-67)128-84(109)68-48(5)70(90)77(80(117-13)76(68)115-11)125-85-75(106)78(116-12)73(104)50(7)122-85/h15-16,25-28,31,46,49-51,53-54,56,59,61,63-64,66-67,71-75,78-79,81,85-86,93,97,101,104-106,112H,14,18,20-23,29-30,33-45,91H2,1-13H3,(H,95,107)(H,96,108)(H3,92,94,110)/b16-15-,58-31+/t49-,50+,51-,53-,54-,59+,61+,63+,64+,66+,67+,71+,72-,73+,74+,75-,78-,79-,81-,85+,86+,89+/m1/s1. The van der Waals surface area contributed by atoms with Crippen molar-refractivity contribution in [1.82, 2.24) is 26.3 Å². The molecule has 0 saturated carbocycles. The lowest BCUT2D eigenvalue weighted by molar-refractivity contribution is -0.337. The molecule has 2 aliphatic carbocycles. The number of allylic oxidation sites excluding steroid dienone is 2. The third kappa shape index (κ3) is 28.3. The van der Waals surface area contributed by atoms with E-state index in [-0.39, 0.29) is 116 Å². The summed E-state index contributed by atoms with van der Waals surface area (Å²) in [6.07, 6.45) is -12.7. The summed E-state index contributed by atoms with van der Waals surface area (Å²) >= 11 is 2.77. The predicted molar refractivity (Wildman–Crippen MR) is 485 cm³/mol. The molecule has 129 heavy (non-hydrogen) atoms. The zero-order valence-electron chi connectivity index (χ0n) is 75.0. The van der Waals surface area contributed by atoms with Gasteiger partial charge < -0.3 is 130 Å². The van der Waals surface area contributed by atoms with Gasteiger partial charge in [-0.1, -0.05) is 95.5 Å². The minimum atomic E-state index is -2.13. The van der Waals surface area contributed by atoms with Crippen LogP contribution in [-0.4, -0.2) is 290 Å². The average molecular weight is 1980 g/mol. The number of unbranched alkanes of at least 4 members (excludes halogenated alkanes) is 1. The molecule has 7 aliphatic rings. The third-order valence-corrected chi connectivity index (χ3v) is 29.0. The Morgan fingerprint density at radius 3 is 2.16 bits per heavy atom. The van der Waals surface area contributed by atoms with Crippen LogP contribution in [0.4, 0.5) is 15.3 Å². The molecule has 40 heteroatoms. The van der Waals surface area contributed by atoms with Crippen LogP contribution in [0.3, 0.4) is 0 Å². The number of thioether (sulfide) groups is 1. The van der Waals surface area contributed by atoms with E-state index in [1.54, 1.807) is 100 Å². The number of nitrogens with two attached hydrogens (primary N) is 2. The van der Waals surface area contributed by atoms with Crippen molar-refractivity contribution in [1.29, 1.82) is 0 Å². The van der Waals surface area contributed by atoms with Gasteiger partial charge in [-0.15, -0.1) is 0 Å². The number of aliphatic hydroxyl groups is 5. The van der Waals surface area contributed by atoms with Crippen LogP contribution in [0, 0.1) is 51.9 Å². The normalized spacial score (nSPS) is 28.9. The van der Waals surface area contributed by atoms with Crippen LogP contribution in [0.1, 0.15) is 153 Å². The Morgan fingerprint density at radius 2 is 1.51 bits per heavy atom. The van der Waals surface area contributed by atoms with Crippen molar-refractivity contribution in [3.05, 3.63) is 79.5 Å². The molecular formula is C89H125IN8O28S3. The number of halogens is 1. The zero-order valence-corrected chi connectivity index (χ0v) is 79.6. The van der Waals surface area contributed by atoms with E-state index in [0.717, 1.165) is 37.7 Å². The summed E-state index contributed by atoms with van der Waals surface area (Å²) in [5, 5.41) is 70.1. The number of hydroxylamine groups is 1. The van der Waals surface area contributed by atoms with Crippen LogP contribution >= 0.6 is 55.9 Å². The number of rotatable bonds is 43. The number of Topliss-reactive ketones (excluding diaryl/α,β-unsaturated/α-hetero) is 3. The van der Waals surface area contributed by atoms with E-state index in [0.29, 0.717) is 57.2 Å². The molecule has 0 aromatic heterocycles. The molecule has 5 aliphatic heterocycles. The summed E-state index contributed by atoms with van der Waals surface area (Å²) < 4.78 is 80.1. The number of carbonyl (C=O) groups excluding carboxylic acids is 9. The third-order valence-electron chi connectivity index (χ3n) is 23.5. The van der Waals surface area contributed by atoms with Gasteiger partial charge in [0.2, 0.25) is 29.0 Å². The number of fused-ring (bicyclic) bond motifs is 2. The lowest BCUT2D eigenvalue weighted by Crippen LogP contribution is -2.65. The minimum absolute atomic E-state index is 0.00345. The summed E-state index contributed by atoms with van der Waals surface area (Å²) in [5.74, 6) is 7.19. The maximum atomic E-state index is 14.7. The molecule has 9 rings (SSSR count). The van der Waals surface area contributed by atoms with E-state index in [1.807, 2.05) is 22.6 Å². The number of anilines is 1. The highest BCUT2D eigenvalue weighted by Gasteiger charge is 2.53.